The summed E-state index contributed by atoms with van der Waals surface area (Å²) in [5, 5.41) is 8.12. The van der Waals surface area contributed by atoms with Crippen molar-refractivity contribution in [3.05, 3.63) is 17.5 Å². The summed E-state index contributed by atoms with van der Waals surface area (Å²) < 4.78 is 1.95. The molecule has 1 saturated heterocycles. The quantitative estimate of drug-likeness (QED) is 0.827. The van der Waals surface area contributed by atoms with Crippen LogP contribution in [0.2, 0.25) is 0 Å². The molecule has 0 aliphatic carbocycles. The molecule has 0 aromatic carbocycles. The van der Waals surface area contributed by atoms with Gasteiger partial charge in [-0.3, -0.25) is 9.58 Å². The van der Waals surface area contributed by atoms with Crippen LogP contribution in [0.3, 0.4) is 0 Å². The maximum absolute atomic E-state index is 4.52. The third-order valence-electron chi connectivity index (χ3n) is 4.21. The lowest BCUT2D eigenvalue weighted by atomic mass is 9.85. The maximum Gasteiger partial charge on any atom is 0.0641 e. The number of piperidine rings is 1. The van der Waals surface area contributed by atoms with Crippen LogP contribution in [0.25, 0.3) is 0 Å². The predicted molar refractivity (Wildman–Crippen MR) is 79.2 cm³/mol. The molecule has 2 unspecified atom stereocenters. The Morgan fingerprint density at radius 3 is 2.84 bits per heavy atom. The molecule has 19 heavy (non-hydrogen) atoms. The molecule has 1 aliphatic rings. The van der Waals surface area contributed by atoms with Gasteiger partial charge in [-0.2, -0.15) is 5.10 Å². The van der Waals surface area contributed by atoms with Crippen molar-refractivity contribution in [2.24, 2.45) is 13.0 Å². The number of likely N-dealkylation sites (tertiary alicyclic amines) is 1. The molecule has 4 nitrogen and oxygen atoms in total. The summed E-state index contributed by atoms with van der Waals surface area (Å²) in [5.41, 5.74) is 2.59. The number of rotatable bonds is 5. The zero-order valence-corrected chi connectivity index (χ0v) is 12.8. The first-order valence-electron chi connectivity index (χ1n) is 7.54. The number of hydrogen-bond donors (Lipinski definition) is 1. The van der Waals surface area contributed by atoms with Gasteiger partial charge in [-0.1, -0.05) is 6.92 Å². The Bertz CT molecular complexity index is 399. The molecular formula is C15H28N4. The Balaban J connectivity index is 2.14. The standard InChI is InChI=1S/C15H28N4/c1-5-8-16-10-13-7-6-9-18(3)15(13)14-11-19(4)17-12(14)2/h11,13,15-16H,5-10H2,1-4H3. The first-order chi connectivity index (χ1) is 9.13. The molecule has 1 aromatic rings. The summed E-state index contributed by atoms with van der Waals surface area (Å²) in [4.78, 5) is 2.51. The molecule has 0 saturated carbocycles. The lowest BCUT2D eigenvalue weighted by Gasteiger charge is -2.39. The number of aromatic nitrogens is 2. The summed E-state index contributed by atoms with van der Waals surface area (Å²) in [6.45, 7) is 7.80. The summed E-state index contributed by atoms with van der Waals surface area (Å²) in [6.07, 6.45) is 6.04. The van der Waals surface area contributed by atoms with E-state index in [1.165, 1.54) is 37.1 Å². The third kappa shape index (κ3) is 3.37. The summed E-state index contributed by atoms with van der Waals surface area (Å²) in [5.74, 6) is 0.702. The lowest BCUT2D eigenvalue weighted by molar-refractivity contribution is 0.119. The van der Waals surface area contributed by atoms with Crippen molar-refractivity contribution in [2.75, 3.05) is 26.7 Å². The molecule has 2 heterocycles. The van der Waals surface area contributed by atoms with Crippen molar-refractivity contribution >= 4 is 0 Å². The van der Waals surface area contributed by atoms with Crippen LogP contribution in [-0.2, 0) is 7.05 Å². The SMILES string of the molecule is CCCNCC1CCCN(C)C1c1cn(C)nc1C. The largest absolute Gasteiger partial charge is 0.316 e. The molecule has 0 amide bonds. The molecule has 2 atom stereocenters. The molecule has 108 valence electrons. The second-order valence-corrected chi connectivity index (χ2v) is 5.88. The molecule has 1 fully saturated rings. The van der Waals surface area contributed by atoms with Crippen LogP contribution < -0.4 is 5.32 Å². The van der Waals surface area contributed by atoms with Gasteiger partial charge in [0.25, 0.3) is 0 Å². The van der Waals surface area contributed by atoms with Crippen molar-refractivity contribution in [3.8, 4) is 0 Å². The third-order valence-corrected chi connectivity index (χ3v) is 4.21. The van der Waals surface area contributed by atoms with Crippen LogP contribution in [0, 0.1) is 12.8 Å². The minimum Gasteiger partial charge on any atom is -0.316 e. The van der Waals surface area contributed by atoms with Gasteiger partial charge in [0.2, 0.25) is 0 Å². The first-order valence-corrected chi connectivity index (χ1v) is 7.54. The topological polar surface area (TPSA) is 33.1 Å². The first kappa shape index (κ1) is 14.5. The molecule has 0 spiro atoms. The summed E-state index contributed by atoms with van der Waals surface area (Å²) in [7, 11) is 4.27. The summed E-state index contributed by atoms with van der Waals surface area (Å²) >= 11 is 0. The highest BCUT2D eigenvalue weighted by molar-refractivity contribution is 5.22. The van der Waals surface area contributed by atoms with Crippen molar-refractivity contribution < 1.29 is 0 Å². The van der Waals surface area contributed by atoms with Gasteiger partial charge in [-0.05, 0) is 58.8 Å². The van der Waals surface area contributed by atoms with Crippen molar-refractivity contribution in [1.82, 2.24) is 20.0 Å². The van der Waals surface area contributed by atoms with E-state index in [1.807, 2.05) is 11.7 Å². The van der Waals surface area contributed by atoms with Gasteiger partial charge >= 0.3 is 0 Å². The van der Waals surface area contributed by atoms with Crippen LogP contribution in [0.1, 0.15) is 43.5 Å². The molecule has 0 bridgehead atoms. The average molecular weight is 264 g/mol. The fraction of sp³-hybridized carbons (Fsp3) is 0.800. The van der Waals surface area contributed by atoms with Crippen molar-refractivity contribution in [2.45, 2.75) is 39.2 Å². The molecule has 2 rings (SSSR count). The van der Waals surface area contributed by atoms with E-state index in [9.17, 15) is 0 Å². The monoisotopic (exact) mass is 264 g/mol. The van der Waals surface area contributed by atoms with Gasteiger partial charge in [-0.25, -0.2) is 0 Å². The Hall–Kier alpha value is -0.870. The zero-order chi connectivity index (χ0) is 13.8. The Morgan fingerprint density at radius 2 is 2.21 bits per heavy atom. The fourth-order valence-electron chi connectivity index (χ4n) is 3.34. The van der Waals surface area contributed by atoms with E-state index in [1.54, 1.807) is 0 Å². The normalized spacial score (nSPS) is 24.8. The van der Waals surface area contributed by atoms with Gasteiger partial charge in [0.1, 0.15) is 0 Å². The van der Waals surface area contributed by atoms with Crippen LogP contribution in [0.4, 0.5) is 0 Å². The van der Waals surface area contributed by atoms with E-state index in [0.29, 0.717) is 12.0 Å². The zero-order valence-electron chi connectivity index (χ0n) is 12.8. The fourth-order valence-corrected chi connectivity index (χ4v) is 3.34. The Labute approximate surface area is 117 Å². The minimum atomic E-state index is 0.520. The molecule has 0 radical (unpaired) electrons. The molecule has 4 heteroatoms. The second kappa shape index (κ2) is 6.53. The van der Waals surface area contributed by atoms with Crippen LogP contribution in [0.15, 0.2) is 6.20 Å². The average Bonchev–Trinajstić information content (AvgIpc) is 2.69. The number of aryl methyl sites for hydroxylation is 2. The Kier molecular flexibility index (Phi) is 4.99. The Morgan fingerprint density at radius 1 is 1.42 bits per heavy atom. The molecular weight excluding hydrogens is 236 g/mol. The van der Waals surface area contributed by atoms with Gasteiger partial charge in [-0.15, -0.1) is 0 Å². The second-order valence-electron chi connectivity index (χ2n) is 5.88. The van der Waals surface area contributed by atoms with E-state index in [2.05, 4.69) is 42.4 Å². The maximum atomic E-state index is 4.52. The van der Waals surface area contributed by atoms with Crippen LogP contribution >= 0.6 is 0 Å². The van der Waals surface area contributed by atoms with Gasteiger partial charge in [0.15, 0.2) is 0 Å². The predicted octanol–water partition coefficient (Wildman–Crippen LogP) is 2.11. The molecule has 1 aromatic heterocycles. The van der Waals surface area contributed by atoms with Crippen molar-refractivity contribution in [1.29, 1.82) is 0 Å². The minimum absolute atomic E-state index is 0.520. The molecule has 1 aliphatic heterocycles. The van der Waals surface area contributed by atoms with Gasteiger partial charge in [0, 0.05) is 24.8 Å². The van der Waals surface area contributed by atoms with E-state index < -0.39 is 0 Å². The van der Waals surface area contributed by atoms with Crippen LogP contribution in [0.5, 0.6) is 0 Å². The van der Waals surface area contributed by atoms with E-state index in [4.69, 9.17) is 0 Å². The van der Waals surface area contributed by atoms with Gasteiger partial charge in [0.05, 0.1) is 5.69 Å². The number of nitrogens with zero attached hydrogens (tertiary/aromatic N) is 3. The smallest absolute Gasteiger partial charge is 0.0641 e. The number of nitrogens with one attached hydrogen (secondary N) is 1. The van der Waals surface area contributed by atoms with E-state index >= 15 is 0 Å². The molecule has 1 N–H and O–H groups in total. The van der Waals surface area contributed by atoms with Crippen LogP contribution in [-0.4, -0.2) is 41.4 Å². The summed E-state index contributed by atoms with van der Waals surface area (Å²) in [6, 6.07) is 0.520. The number of hydrogen-bond acceptors (Lipinski definition) is 3. The lowest BCUT2D eigenvalue weighted by Crippen LogP contribution is -2.40. The highest BCUT2D eigenvalue weighted by Crippen LogP contribution is 2.35. The van der Waals surface area contributed by atoms with E-state index in [-0.39, 0.29) is 0 Å². The van der Waals surface area contributed by atoms with Crippen molar-refractivity contribution in [3.63, 3.8) is 0 Å². The van der Waals surface area contributed by atoms with Gasteiger partial charge < -0.3 is 5.32 Å². The van der Waals surface area contributed by atoms with E-state index in [0.717, 1.165) is 13.1 Å². The highest BCUT2D eigenvalue weighted by Gasteiger charge is 2.32. The highest BCUT2D eigenvalue weighted by atomic mass is 15.3.